The minimum atomic E-state index is -0.741. The average Bonchev–Trinajstić information content (AvgIpc) is 2.64. The summed E-state index contributed by atoms with van der Waals surface area (Å²) in [6.45, 7) is 5.13. The van der Waals surface area contributed by atoms with Gasteiger partial charge >= 0.3 is 6.09 Å². The predicted molar refractivity (Wildman–Crippen MR) is 73.0 cm³/mol. The molecule has 0 saturated carbocycles. The van der Waals surface area contributed by atoms with Gasteiger partial charge in [-0.1, -0.05) is 11.6 Å². The van der Waals surface area contributed by atoms with E-state index in [-0.39, 0.29) is 16.4 Å². The van der Waals surface area contributed by atoms with Crippen molar-refractivity contribution in [1.82, 2.24) is 9.78 Å². The first-order valence-corrected chi connectivity index (χ1v) is 6.13. The highest BCUT2D eigenvalue weighted by Gasteiger charge is 2.23. The summed E-state index contributed by atoms with van der Waals surface area (Å²) in [5.74, 6) is 0. The van der Waals surface area contributed by atoms with Crippen LogP contribution in [0.3, 0.4) is 0 Å². The van der Waals surface area contributed by atoms with Gasteiger partial charge in [0, 0.05) is 17.5 Å². The fraction of sp³-hybridized carbons (Fsp3) is 0.333. The molecule has 1 aromatic carbocycles. The van der Waals surface area contributed by atoms with Gasteiger partial charge in [0.25, 0.3) is 5.69 Å². The average molecular weight is 298 g/mol. The first-order valence-electron chi connectivity index (χ1n) is 5.75. The van der Waals surface area contributed by atoms with Crippen molar-refractivity contribution in [2.24, 2.45) is 0 Å². The summed E-state index contributed by atoms with van der Waals surface area (Å²) in [5, 5.41) is 15.2. The van der Waals surface area contributed by atoms with E-state index in [1.807, 2.05) is 0 Å². The van der Waals surface area contributed by atoms with E-state index in [2.05, 4.69) is 5.10 Å². The molecule has 0 aliphatic rings. The Labute approximate surface area is 119 Å². The van der Waals surface area contributed by atoms with Crippen molar-refractivity contribution in [3.8, 4) is 0 Å². The smallest absolute Gasteiger partial charge is 0.435 e. The van der Waals surface area contributed by atoms with Gasteiger partial charge < -0.3 is 4.74 Å². The topological polar surface area (TPSA) is 87.3 Å². The second-order valence-corrected chi connectivity index (χ2v) is 5.50. The van der Waals surface area contributed by atoms with Crippen molar-refractivity contribution < 1.29 is 14.5 Å². The zero-order valence-electron chi connectivity index (χ0n) is 11.1. The maximum atomic E-state index is 12.0. The number of fused-ring (bicyclic) bond motifs is 1. The Hall–Kier alpha value is -2.15. The lowest BCUT2D eigenvalue weighted by atomic mass is 10.2. The minimum absolute atomic E-state index is 0.0840. The number of hydrogen-bond acceptors (Lipinski definition) is 5. The molecule has 0 unspecified atom stereocenters. The normalized spacial score (nSPS) is 11.6. The lowest BCUT2D eigenvalue weighted by Gasteiger charge is -2.19. The molecule has 1 aromatic heterocycles. The maximum absolute atomic E-state index is 12.0. The fourth-order valence-corrected chi connectivity index (χ4v) is 1.86. The Balaban J connectivity index is 2.55. The molecule has 8 heteroatoms. The molecule has 2 rings (SSSR count). The van der Waals surface area contributed by atoms with Crippen LogP contribution in [0.4, 0.5) is 10.5 Å². The predicted octanol–water partition coefficient (Wildman–Crippen LogP) is 3.38. The zero-order chi connectivity index (χ0) is 15.1. The summed E-state index contributed by atoms with van der Waals surface area (Å²) in [5.41, 5.74) is -0.625. The highest BCUT2D eigenvalue weighted by Crippen LogP contribution is 2.27. The van der Waals surface area contributed by atoms with Crippen LogP contribution in [-0.2, 0) is 4.74 Å². The number of carbonyl (C=O) groups excluding carboxylic acids is 1. The lowest BCUT2D eigenvalue weighted by molar-refractivity contribution is -0.384. The van der Waals surface area contributed by atoms with Gasteiger partial charge in [0.1, 0.15) is 5.60 Å². The summed E-state index contributed by atoms with van der Waals surface area (Å²) >= 11 is 5.92. The van der Waals surface area contributed by atoms with E-state index >= 15 is 0 Å². The minimum Gasteiger partial charge on any atom is -0.442 e. The number of benzene rings is 1. The summed E-state index contributed by atoms with van der Waals surface area (Å²) < 4.78 is 6.11. The Morgan fingerprint density at radius 1 is 1.45 bits per heavy atom. The molecule has 2 aromatic rings. The molecule has 0 radical (unpaired) electrons. The van der Waals surface area contributed by atoms with Gasteiger partial charge in [0.05, 0.1) is 10.4 Å². The number of nitrogens with zero attached hydrogens (tertiary/aromatic N) is 3. The second kappa shape index (κ2) is 4.75. The summed E-state index contributed by atoms with van der Waals surface area (Å²) in [4.78, 5) is 22.3. The summed E-state index contributed by atoms with van der Waals surface area (Å²) in [6.07, 6.45) is -0.741. The molecule has 0 fully saturated rings. The van der Waals surface area contributed by atoms with Crippen molar-refractivity contribution >= 4 is 34.3 Å². The van der Waals surface area contributed by atoms with Gasteiger partial charge in [0.2, 0.25) is 0 Å². The summed E-state index contributed by atoms with van der Waals surface area (Å²) in [6, 6.07) is 3.98. The molecule has 0 atom stereocenters. The molecular formula is C12H12ClN3O4. The number of carbonyl (C=O) groups is 1. The molecule has 106 valence electrons. The van der Waals surface area contributed by atoms with Gasteiger partial charge in [0.15, 0.2) is 5.15 Å². The van der Waals surface area contributed by atoms with Gasteiger partial charge in [-0.2, -0.15) is 4.68 Å². The Kier molecular flexibility index (Phi) is 3.39. The summed E-state index contributed by atoms with van der Waals surface area (Å²) in [7, 11) is 0. The Morgan fingerprint density at radius 2 is 2.10 bits per heavy atom. The van der Waals surface area contributed by atoms with E-state index in [0.717, 1.165) is 4.68 Å². The molecular weight excluding hydrogens is 286 g/mol. The van der Waals surface area contributed by atoms with Gasteiger partial charge in [-0.25, -0.2) is 4.79 Å². The van der Waals surface area contributed by atoms with Crippen molar-refractivity contribution in [3.05, 3.63) is 33.5 Å². The number of aromatic nitrogens is 2. The van der Waals surface area contributed by atoms with Crippen LogP contribution in [0.25, 0.3) is 10.9 Å². The number of non-ortho nitro benzene ring substituents is 1. The molecule has 0 aliphatic heterocycles. The van der Waals surface area contributed by atoms with Gasteiger partial charge in [-0.15, -0.1) is 5.10 Å². The highest BCUT2D eigenvalue weighted by molar-refractivity contribution is 6.34. The number of halogens is 1. The fourth-order valence-electron chi connectivity index (χ4n) is 1.62. The maximum Gasteiger partial charge on any atom is 0.435 e. The third kappa shape index (κ3) is 2.72. The van der Waals surface area contributed by atoms with Crippen LogP contribution in [-0.4, -0.2) is 26.4 Å². The van der Waals surface area contributed by atoms with Crippen LogP contribution in [0.15, 0.2) is 18.2 Å². The first kappa shape index (κ1) is 14.3. The quantitative estimate of drug-likeness (QED) is 0.595. The molecule has 0 N–H and O–H groups in total. The van der Waals surface area contributed by atoms with Gasteiger partial charge in [-0.3, -0.25) is 10.1 Å². The van der Waals surface area contributed by atoms with E-state index in [1.165, 1.54) is 18.2 Å². The zero-order valence-corrected chi connectivity index (χ0v) is 11.8. The monoisotopic (exact) mass is 297 g/mol. The first-order chi connectivity index (χ1) is 9.19. The Morgan fingerprint density at radius 3 is 2.65 bits per heavy atom. The van der Waals surface area contributed by atoms with Crippen LogP contribution in [0.2, 0.25) is 5.15 Å². The lowest BCUT2D eigenvalue weighted by Crippen LogP contribution is -2.27. The number of rotatable bonds is 1. The number of nitro groups is 1. The van der Waals surface area contributed by atoms with Crippen LogP contribution in [0, 0.1) is 10.1 Å². The molecule has 1 heterocycles. The van der Waals surface area contributed by atoms with Crippen molar-refractivity contribution in [3.63, 3.8) is 0 Å². The van der Waals surface area contributed by atoms with Gasteiger partial charge in [-0.05, 0) is 26.8 Å². The molecule has 7 nitrogen and oxygen atoms in total. The number of hydrogen-bond donors (Lipinski definition) is 0. The van der Waals surface area contributed by atoms with E-state index in [1.54, 1.807) is 20.8 Å². The molecule has 0 bridgehead atoms. The third-order valence-corrected chi connectivity index (χ3v) is 2.68. The molecule has 20 heavy (non-hydrogen) atoms. The molecule has 0 spiro atoms. The van der Waals surface area contributed by atoms with Crippen LogP contribution >= 0.6 is 11.6 Å². The van der Waals surface area contributed by atoms with E-state index in [9.17, 15) is 14.9 Å². The molecule has 0 aliphatic carbocycles. The second-order valence-electron chi connectivity index (χ2n) is 5.14. The SMILES string of the molecule is CC(C)(C)OC(=O)n1nc(Cl)c2ccc([N+](=O)[O-])cc21. The number of nitro benzene ring substituents is 1. The van der Waals surface area contributed by atoms with E-state index in [4.69, 9.17) is 16.3 Å². The Bertz CT molecular complexity index is 703. The third-order valence-electron chi connectivity index (χ3n) is 2.40. The van der Waals surface area contributed by atoms with Crippen LogP contribution < -0.4 is 0 Å². The standard InChI is InChI=1S/C12H12ClN3O4/c1-12(2,3)20-11(17)15-9-6-7(16(18)19)4-5-8(9)10(13)14-15/h4-6H,1-3H3. The van der Waals surface area contributed by atoms with E-state index in [0.29, 0.717) is 5.39 Å². The van der Waals surface area contributed by atoms with Crippen molar-refractivity contribution in [2.75, 3.05) is 0 Å². The van der Waals surface area contributed by atoms with E-state index < -0.39 is 16.6 Å². The van der Waals surface area contributed by atoms with Crippen molar-refractivity contribution in [1.29, 1.82) is 0 Å². The largest absolute Gasteiger partial charge is 0.442 e. The van der Waals surface area contributed by atoms with Crippen LogP contribution in [0.1, 0.15) is 20.8 Å². The number of ether oxygens (including phenoxy) is 1. The van der Waals surface area contributed by atoms with Crippen molar-refractivity contribution in [2.45, 2.75) is 26.4 Å². The highest BCUT2D eigenvalue weighted by atomic mass is 35.5. The van der Waals surface area contributed by atoms with Crippen LogP contribution in [0.5, 0.6) is 0 Å². The molecule has 0 amide bonds. The molecule has 0 saturated heterocycles.